The van der Waals surface area contributed by atoms with Crippen LogP contribution in [0.5, 0.6) is 0 Å². The van der Waals surface area contributed by atoms with Gasteiger partial charge < -0.3 is 5.32 Å². The second-order valence-corrected chi connectivity index (χ2v) is 4.86. The fourth-order valence-corrected chi connectivity index (χ4v) is 2.49. The van der Waals surface area contributed by atoms with Crippen molar-refractivity contribution >= 4 is 11.6 Å². The second-order valence-electron chi connectivity index (χ2n) is 4.45. The molecule has 0 unspecified atom stereocenters. The zero-order chi connectivity index (χ0) is 13.0. The highest BCUT2D eigenvalue weighted by Gasteiger charge is 2.22. The van der Waals surface area contributed by atoms with Gasteiger partial charge >= 0.3 is 0 Å². The molecule has 1 N–H and O–H groups in total. The van der Waals surface area contributed by atoms with Crippen LogP contribution in [0.15, 0.2) is 18.2 Å². The predicted octanol–water partition coefficient (Wildman–Crippen LogP) is 2.79. The van der Waals surface area contributed by atoms with Crippen molar-refractivity contribution in [1.29, 1.82) is 0 Å². The molecular weight excluding hydrogens is 258 g/mol. The van der Waals surface area contributed by atoms with Crippen LogP contribution in [0.25, 0.3) is 0 Å². The summed E-state index contributed by atoms with van der Waals surface area (Å²) < 4.78 is 26.2. The summed E-state index contributed by atoms with van der Waals surface area (Å²) in [7, 11) is 0. The van der Waals surface area contributed by atoms with Crippen molar-refractivity contribution in [3.8, 4) is 0 Å². The first kappa shape index (κ1) is 13.7. The van der Waals surface area contributed by atoms with Crippen LogP contribution in [0.2, 0.25) is 5.02 Å². The molecule has 18 heavy (non-hydrogen) atoms. The van der Waals surface area contributed by atoms with E-state index in [-0.39, 0.29) is 11.1 Å². The number of alkyl halides is 1. The predicted molar refractivity (Wildman–Crippen MR) is 69.2 cm³/mol. The summed E-state index contributed by atoms with van der Waals surface area (Å²) in [6, 6.07) is 4.68. The number of nitrogens with one attached hydrogen (secondary N) is 1. The number of benzene rings is 1. The highest BCUT2D eigenvalue weighted by Crippen LogP contribution is 2.27. The summed E-state index contributed by atoms with van der Waals surface area (Å²) >= 11 is 5.68. The minimum atomic E-state index is -0.437. The molecule has 1 aliphatic heterocycles. The van der Waals surface area contributed by atoms with E-state index in [0.29, 0.717) is 6.42 Å². The maximum absolute atomic E-state index is 13.5. The molecule has 1 saturated heterocycles. The Morgan fingerprint density at radius 2 is 2.06 bits per heavy atom. The maximum atomic E-state index is 13.5. The van der Waals surface area contributed by atoms with Crippen LogP contribution in [0.4, 0.5) is 8.78 Å². The third-order valence-corrected chi connectivity index (χ3v) is 3.61. The Labute approximate surface area is 111 Å². The molecule has 0 saturated carbocycles. The van der Waals surface area contributed by atoms with Crippen LogP contribution in [0.1, 0.15) is 18.0 Å². The van der Waals surface area contributed by atoms with E-state index in [9.17, 15) is 8.78 Å². The normalized spacial score (nSPS) is 18.8. The standard InChI is InChI=1S/C13H17ClF2N2/c14-11-2-1-10(9-12(11)16)13(3-4-15)18-7-5-17-6-8-18/h1-2,9,13,17H,3-8H2/t13-/m0/s1. The van der Waals surface area contributed by atoms with E-state index in [1.165, 1.54) is 6.07 Å². The summed E-state index contributed by atoms with van der Waals surface area (Å²) in [5.74, 6) is -0.437. The van der Waals surface area contributed by atoms with Crippen molar-refractivity contribution in [1.82, 2.24) is 10.2 Å². The van der Waals surface area contributed by atoms with Crippen molar-refractivity contribution in [2.75, 3.05) is 32.9 Å². The first-order valence-electron chi connectivity index (χ1n) is 6.18. The average molecular weight is 275 g/mol. The fraction of sp³-hybridized carbons (Fsp3) is 0.538. The van der Waals surface area contributed by atoms with Gasteiger partial charge in [0.05, 0.1) is 11.7 Å². The van der Waals surface area contributed by atoms with Gasteiger partial charge in [0, 0.05) is 32.2 Å². The van der Waals surface area contributed by atoms with Gasteiger partial charge in [0.15, 0.2) is 0 Å². The smallest absolute Gasteiger partial charge is 0.142 e. The van der Waals surface area contributed by atoms with Crippen molar-refractivity contribution in [3.63, 3.8) is 0 Å². The summed E-state index contributed by atoms with van der Waals surface area (Å²) in [6.07, 6.45) is 0.390. The van der Waals surface area contributed by atoms with Gasteiger partial charge in [0.25, 0.3) is 0 Å². The molecule has 1 fully saturated rings. The number of hydrogen-bond acceptors (Lipinski definition) is 2. The van der Waals surface area contributed by atoms with Gasteiger partial charge in [-0.05, 0) is 24.1 Å². The molecule has 1 heterocycles. The average Bonchev–Trinajstić information content (AvgIpc) is 2.40. The third kappa shape index (κ3) is 3.19. The van der Waals surface area contributed by atoms with Crippen LogP contribution in [-0.2, 0) is 0 Å². The van der Waals surface area contributed by atoms with Gasteiger partial charge in [-0.3, -0.25) is 9.29 Å². The molecule has 2 rings (SSSR count). The van der Waals surface area contributed by atoms with Gasteiger partial charge in [-0.1, -0.05) is 17.7 Å². The van der Waals surface area contributed by atoms with E-state index in [1.807, 2.05) is 0 Å². The molecule has 2 nitrogen and oxygen atoms in total. The molecule has 0 aliphatic carbocycles. The zero-order valence-corrected chi connectivity index (χ0v) is 10.9. The Morgan fingerprint density at radius 1 is 1.33 bits per heavy atom. The second kappa shape index (κ2) is 6.45. The molecule has 1 aromatic carbocycles. The SMILES string of the molecule is FCC[C@@H](c1ccc(Cl)c(F)c1)N1CCNCC1. The summed E-state index contributed by atoms with van der Waals surface area (Å²) in [5.41, 5.74) is 0.802. The maximum Gasteiger partial charge on any atom is 0.142 e. The topological polar surface area (TPSA) is 15.3 Å². The Hall–Kier alpha value is -0.710. The van der Waals surface area contributed by atoms with Gasteiger partial charge in [-0.15, -0.1) is 0 Å². The molecule has 0 radical (unpaired) electrons. The van der Waals surface area contributed by atoms with Gasteiger partial charge in [-0.25, -0.2) is 4.39 Å². The number of hydrogen-bond donors (Lipinski definition) is 1. The first-order chi connectivity index (χ1) is 8.72. The molecule has 1 aliphatic rings. The first-order valence-corrected chi connectivity index (χ1v) is 6.56. The summed E-state index contributed by atoms with van der Waals surface area (Å²) in [5, 5.41) is 3.36. The van der Waals surface area contributed by atoms with E-state index in [1.54, 1.807) is 12.1 Å². The Morgan fingerprint density at radius 3 is 2.67 bits per heavy atom. The van der Waals surface area contributed by atoms with E-state index < -0.39 is 12.5 Å². The summed E-state index contributed by atoms with van der Waals surface area (Å²) in [6.45, 7) is 3.08. The minimum absolute atomic E-state index is 0.0659. The lowest BCUT2D eigenvalue weighted by molar-refractivity contribution is 0.157. The Balaban J connectivity index is 2.19. The summed E-state index contributed by atoms with van der Waals surface area (Å²) in [4.78, 5) is 2.19. The van der Waals surface area contributed by atoms with Gasteiger partial charge in [-0.2, -0.15) is 0 Å². The Kier molecular flexibility index (Phi) is 4.92. The lowest BCUT2D eigenvalue weighted by atomic mass is 10.0. The van der Waals surface area contributed by atoms with Crippen molar-refractivity contribution in [2.24, 2.45) is 0 Å². The lowest BCUT2D eigenvalue weighted by Crippen LogP contribution is -2.45. The number of halogens is 3. The highest BCUT2D eigenvalue weighted by molar-refractivity contribution is 6.30. The minimum Gasteiger partial charge on any atom is -0.314 e. The molecular formula is C13H17ClF2N2. The van der Waals surface area contributed by atoms with E-state index in [4.69, 9.17) is 11.6 Å². The van der Waals surface area contributed by atoms with Crippen molar-refractivity contribution < 1.29 is 8.78 Å². The van der Waals surface area contributed by atoms with E-state index in [0.717, 1.165) is 31.7 Å². The third-order valence-electron chi connectivity index (χ3n) is 3.30. The molecule has 5 heteroatoms. The number of rotatable bonds is 4. The van der Waals surface area contributed by atoms with Crippen LogP contribution >= 0.6 is 11.6 Å². The number of piperazine rings is 1. The van der Waals surface area contributed by atoms with Gasteiger partial charge in [0.1, 0.15) is 5.82 Å². The molecule has 0 amide bonds. The van der Waals surface area contributed by atoms with E-state index >= 15 is 0 Å². The molecule has 0 bridgehead atoms. The van der Waals surface area contributed by atoms with E-state index in [2.05, 4.69) is 10.2 Å². The molecule has 1 atom stereocenters. The van der Waals surface area contributed by atoms with Crippen LogP contribution in [-0.4, -0.2) is 37.8 Å². The highest BCUT2D eigenvalue weighted by atomic mass is 35.5. The lowest BCUT2D eigenvalue weighted by Gasteiger charge is -2.35. The molecule has 0 spiro atoms. The Bertz CT molecular complexity index is 395. The van der Waals surface area contributed by atoms with Crippen LogP contribution < -0.4 is 5.32 Å². The van der Waals surface area contributed by atoms with Crippen molar-refractivity contribution in [3.05, 3.63) is 34.6 Å². The zero-order valence-electron chi connectivity index (χ0n) is 10.1. The van der Waals surface area contributed by atoms with Crippen molar-refractivity contribution in [2.45, 2.75) is 12.5 Å². The molecule has 100 valence electrons. The monoisotopic (exact) mass is 274 g/mol. The fourth-order valence-electron chi connectivity index (χ4n) is 2.38. The van der Waals surface area contributed by atoms with Gasteiger partial charge in [0.2, 0.25) is 0 Å². The molecule has 1 aromatic rings. The largest absolute Gasteiger partial charge is 0.314 e. The molecule has 0 aromatic heterocycles. The van der Waals surface area contributed by atoms with Crippen LogP contribution in [0.3, 0.4) is 0 Å². The van der Waals surface area contributed by atoms with Crippen LogP contribution in [0, 0.1) is 5.82 Å². The number of nitrogens with zero attached hydrogens (tertiary/aromatic N) is 1. The quantitative estimate of drug-likeness (QED) is 0.908.